The van der Waals surface area contributed by atoms with Crippen LogP contribution in [-0.4, -0.2) is 26.4 Å². The van der Waals surface area contributed by atoms with Crippen LogP contribution in [0.5, 0.6) is 17.2 Å². The molecule has 0 bridgehead atoms. The van der Waals surface area contributed by atoms with Gasteiger partial charge in [0.2, 0.25) is 5.75 Å². The second-order valence-corrected chi connectivity index (χ2v) is 5.44. The summed E-state index contributed by atoms with van der Waals surface area (Å²) in [5.74, 6) is 0.703. The van der Waals surface area contributed by atoms with Crippen LogP contribution in [0.4, 0.5) is 4.39 Å². The molecule has 0 radical (unpaired) electrons. The zero-order valence-corrected chi connectivity index (χ0v) is 14.0. The molecule has 0 saturated heterocycles. The van der Waals surface area contributed by atoms with E-state index in [1.54, 1.807) is 18.2 Å². The first-order valence-electron chi connectivity index (χ1n) is 6.44. The molecule has 4 nitrogen and oxygen atoms in total. The van der Waals surface area contributed by atoms with E-state index in [1.165, 1.54) is 33.5 Å². The van der Waals surface area contributed by atoms with Crippen LogP contribution >= 0.6 is 15.9 Å². The van der Waals surface area contributed by atoms with Crippen LogP contribution in [0.2, 0.25) is 0 Å². The number of aliphatic hydroxyl groups is 1. The minimum atomic E-state index is -1.15. The average Bonchev–Trinajstić information content (AvgIpc) is 2.52. The number of rotatable bonds is 5. The number of hydrogen-bond donors (Lipinski definition) is 1. The van der Waals surface area contributed by atoms with Crippen LogP contribution in [0.25, 0.3) is 0 Å². The Bertz CT molecular complexity index is 650. The van der Waals surface area contributed by atoms with Crippen molar-refractivity contribution in [2.75, 3.05) is 21.3 Å². The van der Waals surface area contributed by atoms with Crippen molar-refractivity contribution in [1.29, 1.82) is 0 Å². The van der Waals surface area contributed by atoms with Gasteiger partial charge in [-0.15, -0.1) is 0 Å². The van der Waals surface area contributed by atoms with Crippen LogP contribution in [0.1, 0.15) is 17.2 Å². The maximum absolute atomic E-state index is 14.0. The molecule has 0 spiro atoms. The van der Waals surface area contributed by atoms with E-state index in [1.807, 2.05) is 0 Å². The average molecular weight is 371 g/mol. The van der Waals surface area contributed by atoms with Gasteiger partial charge in [0, 0.05) is 10.0 Å². The minimum Gasteiger partial charge on any atom is -0.493 e. The molecule has 118 valence electrons. The third-order valence-corrected chi connectivity index (χ3v) is 3.75. The molecule has 0 aliphatic carbocycles. The molecule has 1 unspecified atom stereocenters. The highest BCUT2D eigenvalue weighted by Crippen LogP contribution is 2.41. The molecule has 22 heavy (non-hydrogen) atoms. The summed E-state index contributed by atoms with van der Waals surface area (Å²) in [6, 6.07) is 7.67. The van der Waals surface area contributed by atoms with Crippen LogP contribution in [0.15, 0.2) is 34.8 Å². The third kappa shape index (κ3) is 3.18. The predicted octanol–water partition coefficient (Wildman–Crippen LogP) is 3.70. The molecule has 0 fully saturated rings. The van der Waals surface area contributed by atoms with Crippen molar-refractivity contribution >= 4 is 15.9 Å². The van der Waals surface area contributed by atoms with Gasteiger partial charge in [-0.05, 0) is 29.8 Å². The Morgan fingerprint density at radius 3 is 2.05 bits per heavy atom. The van der Waals surface area contributed by atoms with Gasteiger partial charge >= 0.3 is 0 Å². The Balaban J connectivity index is 2.51. The summed E-state index contributed by atoms with van der Waals surface area (Å²) in [5, 5.41) is 10.5. The SMILES string of the molecule is COc1cc(C(O)c2ccc(Br)cc2F)cc(OC)c1OC. The fourth-order valence-electron chi connectivity index (χ4n) is 2.16. The lowest BCUT2D eigenvalue weighted by atomic mass is 10.00. The molecule has 1 atom stereocenters. The van der Waals surface area contributed by atoms with Gasteiger partial charge in [0.1, 0.15) is 11.9 Å². The van der Waals surface area contributed by atoms with E-state index in [0.29, 0.717) is 27.3 Å². The summed E-state index contributed by atoms with van der Waals surface area (Å²) >= 11 is 3.19. The Hall–Kier alpha value is -1.79. The second kappa shape index (κ2) is 6.98. The van der Waals surface area contributed by atoms with Crippen molar-refractivity contribution in [2.24, 2.45) is 0 Å². The normalized spacial score (nSPS) is 11.9. The topological polar surface area (TPSA) is 47.9 Å². The van der Waals surface area contributed by atoms with E-state index in [2.05, 4.69) is 15.9 Å². The molecule has 2 rings (SSSR count). The Morgan fingerprint density at radius 2 is 1.59 bits per heavy atom. The van der Waals surface area contributed by atoms with Gasteiger partial charge < -0.3 is 19.3 Å². The van der Waals surface area contributed by atoms with E-state index in [0.717, 1.165) is 0 Å². The van der Waals surface area contributed by atoms with Gasteiger partial charge in [-0.3, -0.25) is 0 Å². The van der Waals surface area contributed by atoms with E-state index in [-0.39, 0.29) is 5.56 Å². The van der Waals surface area contributed by atoms with Crippen molar-refractivity contribution in [2.45, 2.75) is 6.10 Å². The molecule has 2 aromatic rings. The molecule has 2 aromatic carbocycles. The summed E-state index contributed by atoms with van der Waals surface area (Å²) in [7, 11) is 4.45. The van der Waals surface area contributed by atoms with Gasteiger partial charge in [0.05, 0.1) is 21.3 Å². The number of hydrogen-bond acceptors (Lipinski definition) is 4. The zero-order chi connectivity index (χ0) is 16.3. The summed E-state index contributed by atoms with van der Waals surface area (Å²) in [4.78, 5) is 0. The Labute approximate surface area is 136 Å². The maximum atomic E-state index is 14.0. The molecule has 0 aliphatic heterocycles. The number of aliphatic hydroxyl groups excluding tert-OH is 1. The highest BCUT2D eigenvalue weighted by molar-refractivity contribution is 9.10. The highest BCUT2D eigenvalue weighted by Gasteiger charge is 2.20. The first-order chi connectivity index (χ1) is 10.5. The van der Waals surface area contributed by atoms with Crippen molar-refractivity contribution < 1.29 is 23.7 Å². The molecular weight excluding hydrogens is 355 g/mol. The molecule has 6 heteroatoms. The van der Waals surface area contributed by atoms with Crippen molar-refractivity contribution in [3.05, 3.63) is 51.7 Å². The largest absolute Gasteiger partial charge is 0.493 e. The predicted molar refractivity (Wildman–Crippen MR) is 84.3 cm³/mol. The lowest BCUT2D eigenvalue weighted by Gasteiger charge is -2.18. The third-order valence-electron chi connectivity index (χ3n) is 3.26. The fraction of sp³-hybridized carbons (Fsp3) is 0.250. The molecule has 0 aromatic heterocycles. The van der Waals surface area contributed by atoms with Gasteiger partial charge in [-0.25, -0.2) is 4.39 Å². The van der Waals surface area contributed by atoms with Crippen LogP contribution in [-0.2, 0) is 0 Å². The summed E-state index contributed by atoms with van der Waals surface area (Å²) in [6.45, 7) is 0. The summed E-state index contributed by atoms with van der Waals surface area (Å²) in [5.41, 5.74) is 0.605. The Kier molecular flexibility index (Phi) is 5.26. The van der Waals surface area contributed by atoms with Crippen molar-refractivity contribution in [3.63, 3.8) is 0 Å². The molecule has 0 saturated carbocycles. The lowest BCUT2D eigenvalue weighted by Crippen LogP contribution is -2.05. The van der Waals surface area contributed by atoms with Gasteiger partial charge in [-0.2, -0.15) is 0 Å². The maximum Gasteiger partial charge on any atom is 0.203 e. The first-order valence-corrected chi connectivity index (χ1v) is 7.24. The van der Waals surface area contributed by atoms with E-state index in [9.17, 15) is 9.50 Å². The molecule has 0 aliphatic rings. The zero-order valence-electron chi connectivity index (χ0n) is 12.4. The summed E-state index contributed by atoms with van der Waals surface area (Å²) in [6.07, 6.45) is -1.15. The van der Waals surface area contributed by atoms with Gasteiger partial charge in [0.15, 0.2) is 11.5 Å². The van der Waals surface area contributed by atoms with Crippen LogP contribution < -0.4 is 14.2 Å². The van der Waals surface area contributed by atoms with Gasteiger partial charge in [0.25, 0.3) is 0 Å². The number of halogens is 2. The van der Waals surface area contributed by atoms with Crippen LogP contribution in [0.3, 0.4) is 0 Å². The Morgan fingerprint density at radius 1 is 1.00 bits per heavy atom. The highest BCUT2D eigenvalue weighted by atomic mass is 79.9. The fourth-order valence-corrected chi connectivity index (χ4v) is 2.50. The second-order valence-electron chi connectivity index (χ2n) is 4.53. The summed E-state index contributed by atoms with van der Waals surface area (Å²) < 4.78 is 30.3. The number of ether oxygens (including phenoxy) is 3. The van der Waals surface area contributed by atoms with Gasteiger partial charge in [-0.1, -0.05) is 22.0 Å². The van der Waals surface area contributed by atoms with Crippen molar-refractivity contribution in [3.8, 4) is 17.2 Å². The molecule has 0 heterocycles. The number of methoxy groups -OCH3 is 3. The first kappa shape index (κ1) is 16.6. The molecular formula is C16H16BrFO4. The molecule has 0 amide bonds. The van der Waals surface area contributed by atoms with E-state index in [4.69, 9.17) is 14.2 Å². The quantitative estimate of drug-likeness (QED) is 0.871. The van der Waals surface area contributed by atoms with Crippen molar-refractivity contribution in [1.82, 2.24) is 0 Å². The number of benzene rings is 2. The smallest absolute Gasteiger partial charge is 0.203 e. The van der Waals surface area contributed by atoms with E-state index >= 15 is 0 Å². The molecule has 1 N–H and O–H groups in total. The lowest BCUT2D eigenvalue weighted by molar-refractivity contribution is 0.213. The van der Waals surface area contributed by atoms with Crippen LogP contribution in [0, 0.1) is 5.82 Å². The minimum absolute atomic E-state index is 0.164. The monoisotopic (exact) mass is 370 g/mol. The standard InChI is InChI=1S/C16H16BrFO4/c1-20-13-6-9(7-14(21-2)16(13)22-3)15(19)11-5-4-10(17)8-12(11)18/h4-8,15,19H,1-3H3. The van der Waals surface area contributed by atoms with E-state index < -0.39 is 11.9 Å².